The largest absolute Gasteiger partial charge is 0.326 e. The van der Waals surface area contributed by atoms with Gasteiger partial charge < -0.3 is 10.7 Å². The van der Waals surface area contributed by atoms with E-state index in [-0.39, 0.29) is 10.8 Å². The zero-order valence-electron chi connectivity index (χ0n) is 11.6. The Bertz CT molecular complexity index is 759. The van der Waals surface area contributed by atoms with Crippen LogP contribution >= 0.6 is 11.6 Å². The van der Waals surface area contributed by atoms with Crippen molar-refractivity contribution in [3.05, 3.63) is 53.6 Å². The van der Waals surface area contributed by atoms with Gasteiger partial charge in [-0.15, -0.1) is 4.83 Å². The average molecular weight is 340 g/mol. The van der Waals surface area contributed by atoms with E-state index < -0.39 is 10.0 Å². The second-order valence-electron chi connectivity index (χ2n) is 4.44. The topological polar surface area (TPSA) is 87.3 Å². The summed E-state index contributed by atoms with van der Waals surface area (Å²) in [6.07, 6.45) is 0. The molecule has 0 radical (unpaired) electrons. The lowest BCUT2D eigenvalue weighted by atomic mass is 10.3. The molecule has 0 aliphatic carbocycles. The van der Waals surface area contributed by atoms with Crippen molar-refractivity contribution in [2.75, 3.05) is 10.7 Å². The van der Waals surface area contributed by atoms with E-state index in [0.29, 0.717) is 16.4 Å². The maximum Gasteiger partial charge on any atom is 0.257 e. The summed E-state index contributed by atoms with van der Waals surface area (Å²) in [5.74, 6) is -0.224. The third-order valence-corrected chi connectivity index (χ3v) is 4.17. The van der Waals surface area contributed by atoms with Gasteiger partial charge in [0.2, 0.25) is 5.91 Å². The van der Waals surface area contributed by atoms with Gasteiger partial charge >= 0.3 is 0 Å². The average Bonchev–Trinajstić information content (AvgIpc) is 2.47. The highest BCUT2D eigenvalue weighted by molar-refractivity contribution is 7.89. The molecule has 0 aromatic heterocycles. The molecular weight excluding hydrogens is 326 g/mol. The number of carbonyl (C=O) groups is 1. The van der Waals surface area contributed by atoms with E-state index in [9.17, 15) is 13.2 Å². The minimum Gasteiger partial charge on any atom is -0.326 e. The van der Waals surface area contributed by atoms with Crippen LogP contribution in [0.4, 0.5) is 11.4 Å². The van der Waals surface area contributed by atoms with Gasteiger partial charge in [0.1, 0.15) is 0 Å². The number of hydrazine groups is 1. The number of hydrogen-bond donors (Lipinski definition) is 3. The highest BCUT2D eigenvalue weighted by Gasteiger charge is 2.13. The molecule has 0 aliphatic rings. The molecule has 1 amide bonds. The molecule has 8 heteroatoms. The molecule has 0 bridgehead atoms. The van der Waals surface area contributed by atoms with Gasteiger partial charge in [-0.25, -0.2) is 8.42 Å². The van der Waals surface area contributed by atoms with E-state index >= 15 is 0 Å². The molecule has 0 spiro atoms. The Balaban J connectivity index is 2.06. The Kier molecular flexibility index (Phi) is 5.02. The van der Waals surface area contributed by atoms with Crippen LogP contribution in [0.25, 0.3) is 0 Å². The van der Waals surface area contributed by atoms with E-state index in [1.54, 1.807) is 24.3 Å². The van der Waals surface area contributed by atoms with Crippen LogP contribution in [0, 0.1) is 0 Å². The minimum absolute atomic E-state index is 0.0723. The van der Waals surface area contributed by atoms with E-state index in [0.717, 1.165) is 0 Å². The van der Waals surface area contributed by atoms with Crippen molar-refractivity contribution in [1.82, 2.24) is 4.83 Å². The lowest BCUT2D eigenvalue weighted by Gasteiger charge is -2.10. The predicted molar refractivity (Wildman–Crippen MR) is 86.1 cm³/mol. The Hall–Kier alpha value is -2.09. The van der Waals surface area contributed by atoms with Crippen LogP contribution in [-0.2, 0) is 14.8 Å². The molecule has 2 aromatic rings. The molecule has 0 heterocycles. The summed E-state index contributed by atoms with van der Waals surface area (Å²) < 4.78 is 24.2. The van der Waals surface area contributed by atoms with E-state index in [2.05, 4.69) is 15.6 Å². The normalized spacial score (nSPS) is 11.0. The molecule has 6 nitrogen and oxygen atoms in total. The summed E-state index contributed by atoms with van der Waals surface area (Å²) in [5, 5.41) is 3.12. The Morgan fingerprint density at radius 2 is 1.50 bits per heavy atom. The number of benzene rings is 2. The number of nitrogens with one attached hydrogen (secondary N) is 3. The van der Waals surface area contributed by atoms with Crippen molar-refractivity contribution in [2.24, 2.45) is 0 Å². The SMILES string of the molecule is CC(=O)Nc1ccc(S(=O)(=O)NNc2ccc(Cl)cc2)cc1. The fraction of sp³-hybridized carbons (Fsp3) is 0.0714. The van der Waals surface area contributed by atoms with Crippen molar-refractivity contribution >= 4 is 38.9 Å². The first-order valence-corrected chi connectivity index (χ1v) is 8.14. The fourth-order valence-electron chi connectivity index (χ4n) is 1.64. The molecule has 22 heavy (non-hydrogen) atoms. The third-order valence-electron chi connectivity index (χ3n) is 2.66. The van der Waals surface area contributed by atoms with Gasteiger partial charge in [-0.05, 0) is 48.5 Å². The van der Waals surface area contributed by atoms with Crippen molar-refractivity contribution in [1.29, 1.82) is 0 Å². The van der Waals surface area contributed by atoms with Crippen LogP contribution in [0.2, 0.25) is 5.02 Å². The first-order valence-electron chi connectivity index (χ1n) is 6.28. The van der Waals surface area contributed by atoms with Gasteiger partial charge in [-0.2, -0.15) is 0 Å². The van der Waals surface area contributed by atoms with Crippen LogP contribution in [0.1, 0.15) is 6.92 Å². The summed E-state index contributed by atoms with van der Waals surface area (Å²) in [4.78, 5) is 13.3. The summed E-state index contributed by atoms with van der Waals surface area (Å²) in [5.41, 5.74) is 3.67. The van der Waals surface area contributed by atoms with Crippen molar-refractivity contribution in [3.63, 3.8) is 0 Å². The summed E-state index contributed by atoms with van der Waals surface area (Å²) in [6, 6.07) is 12.4. The molecule has 0 atom stereocenters. The second kappa shape index (κ2) is 6.78. The van der Waals surface area contributed by atoms with Gasteiger partial charge in [-0.3, -0.25) is 4.79 Å². The summed E-state index contributed by atoms with van der Waals surface area (Å²) in [6.45, 7) is 1.38. The zero-order chi connectivity index (χ0) is 16.2. The van der Waals surface area contributed by atoms with E-state index in [4.69, 9.17) is 11.6 Å². The molecular formula is C14H14ClN3O3S. The molecule has 116 valence electrons. The van der Waals surface area contributed by atoms with Crippen LogP contribution in [0.3, 0.4) is 0 Å². The van der Waals surface area contributed by atoms with Gasteiger partial charge in [-0.1, -0.05) is 11.6 Å². The highest BCUT2D eigenvalue weighted by atomic mass is 35.5. The molecule has 0 aliphatic heterocycles. The number of anilines is 2. The molecule has 2 aromatic carbocycles. The van der Waals surface area contributed by atoms with Gasteiger partial charge in [0.25, 0.3) is 10.0 Å². The van der Waals surface area contributed by atoms with Crippen molar-refractivity contribution in [2.45, 2.75) is 11.8 Å². The van der Waals surface area contributed by atoms with Crippen LogP contribution in [0.5, 0.6) is 0 Å². The van der Waals surface area contributed by atoms with Gasteiger partial charge in [0.15, 0.2) is 0 Å². The molecule has 0 saturated carbocycles. The second-order valence-corrected chi connectivity index (χ2v) is 6.56. The third kappa shape index (κ3) is 4.45. The lowest BCUT2D eigenvalue weighted by molar-refractivity contribution is -0.114. The summed E-state index contributed by atoms with van der Waals surface area (Å²) >= 11 is 5.75. The van der Waals surface area contributed by atoms with Gasteiger partial charge in [0.05, 0.1) is 4.90 Å². The van der Waals surface area contributed by atoms with Crippen LogP contribution < -0.4 is 15.6 Å². The quantitative estimate of drug-likeness (QED) is 0.731. The molecule has 0 fully saturated rings. The smallest absolute Gasteiger partial charge is 0.257 e. The minimum atomic E-state index is -3.72. The van der Waals surface area contributed by atoms with E-state index in [1.807, 2.05) is 0 Å². The maximum absolute atomic E-state index is 12.1. The van der Waals surface area contributed by atoms with Gasteiger partial charge in [0, 0.05) is 23.3 Å². The standard InChI is InChI=1S/C14H14ClN3O3S/c1-10(19)16-12-6-8-14(9-7-12)22(20,21)18-17-13-4-2-11(15)3-5-13/h2-9,17-18H,1H3,(H,16,19). The zero-order valence-corrected chi connectivity index (χ0v) is 13.2. The lowest BCUT2D eigenvalue weighted by Crippen LogP contribution is -2.29. The molecule has 0 saturated heterocycles. The maximum atomic E-state index is 12.1. The first kappa shape index (κ1) is 16.3. The predicted octanol–water partition coefficient (Wildman–Crippen LogP) is 2.60. The van der Waals surface area contributed by atoms with Crippen LogP contribution in [0.15, 0.2) is 53.4 Å². The molecule has 0 unspecified atom stereocenters. The number of hydrogen-bond acceptors (Lipinski definition) is 4. The Morgan fingerprint density at radius 3 is 2.05 bits per heavy atom. The monoisotopic (exact) mass is 339 g/mol. The van der Waals surface area contributed by atoms with E-state index in [1.165, 1.54) is 31.2 Å². The Morgan fingerprint density at radius 1 is 0.955 bits per heavy atom. The molecule has 2 rings (SSSR count). The summed E-state index contributed by atoms with van der Waals surface area (Å²) in [7, 11) is -3.72. The number of amides is 1. The number of rotatable bonds is 5. The number of carbonyl (C=O) groups excluding carboxylic acids is 1. The van der Waals surface area contributed by atoms with Crippen molar-refractivity contribution in [3.8, 4) is 0 Å². The van der Waals surface area contributed by atoms with Crippen LogP contribution in [-0.4, -0.2) is 14.3 Å². The Labute approximate surface area is 133 Å². The number of sulfonamides is 1. The fourth-order valence-corrected chi connectivity index (χ4v) is 2.63. The number of halogens is 1. The van der Waals surface area contributed by atoms with Crippen molar-refractivity contribution < 1.29 is 13.2 Å². The highest BCUT2D eigenvalue weighted by Crippen LogP contribution is 2.15. The first-order chi connectivity index (χ1) is 10.4. The molecule has 3 N–H and O–H groups in total.